The zero-order valence-electron chi connectivity index (χ0n) is 13.0. The van der Waals surface area contributed by atoms with Gasteiger partial charge < -0.3 is 4.74 Å². The number of epoxide rings is 1. The smallest absolute Gasteiger partial charge is 0.103 e. The van der Waals surface area contributed by atoms with Crippen LogP contribution in [-0.4, -0.2) is 21.0 Å². The molecule has 2 heteroatoms. The van der Waals surface area contributed by atoms with E-state index in [0.29, 0.717) is 12.2 Å². The molecule has 1 nitrogen and oxygen atoms in total. The Morgan fingerprint density at radius 1 is 0.818 bits per heavy atom. The number of hydrogen-bond acceptors (Lipinski definition) is 1. The summed E-state index contributed by atoms with van der Waals surface area (Å²) in [5, 5.41) is 3.18. The third kappa shape index (κ3) is 3.18. The SMILES string of the molecule is c1ccc([SiH](CCC2CCC3OC3C2)c2ccccc2)cc1. The summed E-state index contributed by atoms with van der Waals surface area (Å²) >= 11 is 0. The van der Waals surface area contributed by atoms with Gasteiger partial charge in [-0.15, -0.1) is 0 Å². The predicted octanol–water partition coefficient (Wildman–Crippen LogP) is 2.99. The number of rotatable bonds is 5. The lowest BCUT2D eigenvalue weighted by Gasteiger charge is -2.22. The maximum absolute atomic E-state index is 5.70. The van der Waals surface area contributed by atoms with Crippen LogP contribution in [0.3, 0.4) is 0 Å². The molecule has 0 radical (unpaired) electrons. The van der Waals surface area contributed by atoms with E-state index in [1.807, 2.05) is 0 Å². The minimum atomic E-state index is -1.07. The summed E-state index contributed by atoms with van der Waals surface area (Å²) in [4.78, 5) is 0. The van der Waals surface area contributed by atoms with Gasteiger partial charge in [0.05, 0.1) is 12.2 Å². The van der Waals surface area contributed by atoms with E-state index in [4.69, 9.17) is 4.74 Å². The molecule has 3 atom stereocenters. The van der Waals surface area contributed by atoms with Crippen molar-refractivity contribution in [2.75, 3.05) is 0 Å². The molecule has 1 aliphatic carbocycles. The molecular formula is C20H24OSi. The van der Waals surface area contributed by atoms with Crippen molar-refractivity contribution in [2.45, 2.75) is 43.9 Å². The zero-order chi connectivity index (χ0) is 14.8. The molecule has 1 aliphatic heterocycles. The van der Waals surface area contributed by atoms with Gasteiger partial charge in [-0.05, 0) is 25.2 Å². The van der Waals surface area contributed by atoms with E-state index in [9.17, 15) is 0 Å². The van der Waals surface area contributed by atoms with Gasteiger partial charge in [0.2, 0.25) is 0 Å². The van der Waals surface area contributed by atoms with Crippen LogP contribution in [0.2, 0.25) is 6.04 Å². The highest BCUT2D eigenvalue weighted by Crippen LogP contribution is 2.41. The monoisotopic (exact) mass is 308 g/mol. The lowest BCUT2D eigenvalue weighted by Crippen LogP contribution is -2.42. The average molecular weight is 308 g/mol. The van der Waals surface area contributed by atoms with Gasteiger partial charge in [0.25, 0.3) is 0 Å². The van der Waals surface area contributed by atoms with Crippen LogP contribution in [0.15, 0.2) is 60.7 Å². The molecule has 1 saturated heterocycles. The molecular weight excluding hydrogens is 284 g/mol. The van der Waals surface area contributed by atoms with Gasteiger partial charge in [0.15, 0.2) is 0 Å². The Balaban J connectivity index is 1.48. The molecule has 3 unspecified atom stereocenters. The molecule has 0 amide bonds. The van der Waals surface area contributed by atoms with Gasteiger partial charge in [-0.3, -0.25) is 0 Å². The Bertz CT molecular complexity index is 558. The van der Waals surface area contributed by atoms with Crippen LogP contribution in [0.25, 0.3) is 0 Å². The van der Waals surface area contributed by atoms with Crippen LogP contribution in [0.5, 0.6) is 0 Å². The Morgan fingerprint density at radius 3 is 2.05 bits per heavy atom. The van der Waals surface area contributed by atoms with Crippen LogP contribution in [0.1, 0.15) is 25.7 Å². The predicted molar refractivity (Wildman–Crippen MR) is 94.7 cm³/mol. The Hall–Kier alpha value is -1.38. The normalized spacial score (nSPS) is 26.7. The van der Waals surface area contributed by atoms with E-state index < -0.39 is 8.80 Å². The van der Waals surface area contributed by atoms with Gasteiger partial charge in [-0.25, -0.2) is 0 Å². The maximum Gasteiger partial charge on any atom is 0.103 e. The Morgan fingerprint density at radius 2 is 1.45 bits per heavy atom. The number of fused-ring (bicyclic) bond motifs is 1. The second-order valence-electron chi connectivity index (χ2n) is 6.84. The maximum atomic E-state index is 5.70. The van der Waals surface area contributed by atoms with Gasteiger partial charge in [0, 0.05) is 0 Å². The molecule has 2 aliphatic rings. The van der Waals surface area contributed by atoms with E-state index in [1.165, 1.54) is 31.7 Å². The highest BCUT2D eigenvalue weighted by Gasteiger charge is 2.43. The molecule has 2 aromatic carbocycles. The molecule has 1 saturated carbocycles. The summed E-state index contributed by atoms with van der Waals surface area (Å²) in [5.41, 5.74) is 0. The van der Waals surface area contributed by atoms with Crippen LogP contribution >= 0.6 is 0 Å². The quantitative estimate of drug-likeness (QED) is 0.611. The van der Waals surface area contributed by atoms with Gasteiger partial charge >= 0.3 is 0 Å². The second kappa shape index (κ2) is 6.39. The summed E-state index contributed by atoms with van der Waals surface area (Å²) in [6.07, 6.45) is 6.63. The lowest BCUT2D eigenvalue weighted by molar-refractivity contribution is 0.357. The molecule has 0 bridgehead atoms. The first-order valence-electron chi connectivity index (χ1n) is 8.65. The fraction of sp³-hybridized carbons (Fsp3) is 0.400. The average Bonchev–Trinajstić information content (AvgIpc) is 3.36. The molecule has 0 aromatic heterocycles. The molecule has 0 N–H and O–H groups in total. The van der Waals surface area contributed by atoms with E-state index in [0.717, 1.165) is 5.92 Å². The first-order valence-corrected chi connectivity index (χ1v) is 10.6. The summed E-state index contributed by atoms with van der Waals surface area (Å²) in [6, 6.07) is 23.8. The Kier molecular flexibility index (Phi) is 4.13. The third-order valence-electron chi connectivity index (χ3n) is 5.38. The minimum absolute atomic E-state index is 0.618. The van der Waals surface area contributed by atoms with Crippen molar-refractivity contribution < 1.29 is 4.74 Å². The van der Waals surface area contributed by atoms with E-state index in [2.05, 4.69) is 60.7 Å². The first-order chi connectivity index (χ1) is 10.9. The van der Waals surface area contributed by atoms with Gasteiger partial charge in [-0.2, -0.15) is 0 Å². The number of benzene rings is 2. The standard InChI is InChI=1S/C20H24OSi/c1-3-7-17(8-4-1)22(18-9-5-2-6-10-18)14-13-16-11-12-19-20(15-16)21-19/h1-10,16,19-20,22H,11-15H2. The fourth-order valence-corrected chi connectivity index (χ4v) is 7.28. The second-order valence-corrected chi connectivity index (χ2v) is 9.86. The molecule has 22 heavy (non-hydrogen) atoms. The molecule has 2 aromatic rings. The van der Waals surface area contributed by atoms with Crippen LogP contribution in [-0.2, 0) is 4.74 Å². The number of ether oxygens (including phenoxy) is 1. The van der Waals surface area contributed by atoms with Crippen LogP contribution in [0, 0.1) is 5.92 Å². The van der Waals surface area contributed by atoms with Crippen molar-refractivity contribution >= 4 is 19.2 Å². The molecule has 4 rings (SSSR count). The summed E-state index contributed by atoms with van der Waals surface area (Å²) in [5.74, 6) is 0.895. The fourth-order valence-electron chi connectivity index (χ4n) is 4.05. The zero-order valence-corrected chi connectivity index (χ0v) is 14.2. The van der Waals surface area contributed by atoms with Crippen molar-refractivity contribution in [1.29, 1.82) is 0 Å². The van der Waals surface area contributed by atoms with Crippen molar-refractivity contribution in [3.63, 3.8) is 0 Å². The summed E-state index contributed by atoms with van der Waals surface area (Å²) in [7, 11) is -1.07. The molecule has 1 heterocycles. The first kappa shape index (κ1) is 14.2. The summed E-state index contributed by atoms with van der Waals surface area (Å²) in [6.45, 7) is 0. The highest BCUT2D eigenvalue weighted by molar-refractivity contribution is 6.85. The minimum Gasteiger partial charge on any atom is -0.370 e. The highest BCUT2D eigenvalue weighted by atomic mass is 28.3. The van der Waals surface area contributed by atoms with Crippen molar-refractivity contribution in [2.24, 2.45) is 5.92 Å². The van der Waals surface area contributed by atoms with Crippen LogP contribution < -0.4 is 10.4 Å². The van der Waals surface area contributed by atoms with Crippen molar-refractivity contribution in [3.05, 3.63) is 60.7 Å². The molecule has 2 fully saturated rings. The Labute approximate surface area is 134 Å². The van der Waals surface area contributed by atoms with Gasteiger partial charge in [0.1, 0.15) is 8.80 Å². The van der Waals surface area contributed by atoms with Crippen molar-refractivity contribution in [3.8, 4) is 0 Å². The number of hydrogen-bond donors (Lipinski definition) is 0. The van der Waals surface area contributed by atoms with Crippen molar-refractivity contribution in [1.82, 2.24) is 0 Å². The molecule has 114 valence electrons. The lowest BCUT2D eigenvalue weighted by atomic mass is 9.88. The third-order valence-corrected chi connectivity index (χ3v) is 8.67. The largest absolute Gasteiger partial charge is 0.370 e. The van der Waals surface area contributed by atoms with Crippen LogP contribution in [0.4, 0.5) is 0 Å². The van der Waals surface area contributed by atoms with E-state index in [-0.39, 0.29) is 0 Å². The summed E-state index contributed by atoms with van der Waals surface area (Å²) < 4.78 is 5.70. The van der Waals surface area contributed by atoms with Gasteiger partial charge in [-0.1, -0.05) is 83.5 Å². The topological polar surface area (TPSA) is 12.5 Å². The van der Waals surface area contributed by atoms with E-state index >= 15 is 0 Å². The van der Waals surface area contributed by atoms with E-state index in [1.54, 1.807) is 10.4 Å². The molecule has 0 spiro atoms.